The highest BCUT2D eigenvalue weighted by Gasteiger charge is 2.22. The van der Waals surface area contributed by atoms with E-state index in [1.165, 1.54) is 23.5 Å². The molecular weight excluding hydrogens is 468 g/mol. The van der Waals surface area contributed by atoms with E-state index in [0.29, 0.717) is 35.3 Å². The number of rotatable bonds is 6. The summed E-state index contributed by atoms with van der Waals surface area (Å²) in [5, 5.41) is 4.23. The molecule has 0 radical (unpaired) electrons. The maximum absolute atomic E-state index is 13.7. The van der Waals surface area contributed by atoms with Crippen molar-refractivity contribution in [3.05, 3.63) is 84.4 Å². The standard InChI is InChI=1S/C26H23F2N5OS/c27-21-11-10-18(16-22(21)28)29-25-20-8-4-5-9-23(20)30-26(31-25)35-17-24(34)33-14-12-32(13-15-33)19-6-2-1-3-7-19/h1-11,16H,12-15,17H2,(H,29,30,31). The fourth-order valence-corrected chi connectivity index (χ4v) is 4.75. The van der Waals surface area contributed by atoms with Crippen molar-refractivity contribution in [2.75, 3.05) is 42.1 Å². The van der Waals surface area contributed by atoms with E-state index in [1.54, 1.807) is 0 Å². The molecule has 0 spiro atoms. The van der Waals surface area contributed by atoms with E-state index in [1.807, 2.05) is 47.4 Å². The van der Waals surface area contributed by atoms with Crippen LogP contribution in [0.3, 0.4) is 0 Å². The maximum atomic E-state index is 13.7. The fraction of sp³-hybridized carbons (Fsp3) is 0.192. The van der Waals surface area contributed by atoms with Crippen LogP contribution >= 0.6 is 11.8 Å². The summed E-state index contributed by atoms with van der Waals surface area (Å²) >= 11 is 1.26. The molecule has 1 saturated heterocycles. The maximum Gasteiger partial charge on any atom is 0.233 e. The summed E-state index contributed by atoms with van der Waals surface area (Å²) in [4.78, 5) is 26.1. The van der Waals surface area contributed by atoms with Gasteiger partial charge in [0.2, 0.25) is 5.91 Å². The van der Waals surface area contributed by atoms with Crippen molar-refractivity contribution in [1.82, 2.24) is 14.9 Å². The van der Waals surface area contributed by atoms with Gasteiger partial charge < -0.3 is 15.1 Å². The van der Waals surface area contributed by atoms with Gasteiger partial charge in [0.25, 0.3) is 0 Å². The number of aromatic nitrogens is 2. The Bertz CT molecular complexity index is 1350. The number of para-hydroxylation sites is 2. The van der Waals surface area contributed by atoms with E-state index >= 15 is 0 Å². The van der Waals surface area contributed by atoms with Crippen molar-refractivity contribution in [3.63, 3.8) is 0 Å². The van der Waals surface area contributed by atoms with Gasteiger partial charge in [-0.15, -0.1) is 0 Å². The highest BCUT2D eigenvalue weighted by molar-refractivity contribution is 7.99. The summed E-state index contributed by atoms with van der Waals surface area (Å²) in [6, 6.07) is 21.2. The third kappa shape index (κ3) is 5.35. The van der Waals surface area contributed by atoms with Crippen LogP contribution in [0.5, 0.6) is 0 Å². The largest absolute Gasteiger partial charge is 0.368 e. The molecule has 0 unspecified atom stereocenters. The lowest BCUT2D eigenvalue weighted by Crippen LogP contribution is -2.49. The monoisotopic (exact) mass is 491 g/mol. The number of anilines is 3. The number of hydrogen-bond acceptors (Lipinski definition) is 6. The van der Waals surface area contributed by atoms with E-state index < -0.39 is 11.6 Å². The molecular formula is C26H23F2N5OS. The Morgan fingerprint density at radius 2 is 1.63 bits per heavy atom. The molecule has 6 nitrogen and oxygen atoms in total. The van der Waals surface area contributed by atoms with Crippen LogP contribution in [0.15, 0.2) is 78.0 Å². The molecule has 2 heterocycles. The lowest BCUT2D eigenvalue weighted by Gasteiger charge is -2.36. The van der Waals surface area contributed by atoms with Crippen molar-refractivity contribution in [1.29, 1.82) is 0 Å². The minimum absolute atomic E-state index is 0.0367. The molecule has 1 aliphatic heterocycles. The summed E-state index contributed by atoms with van der Waals surface area (Å²) in [5.74, 6) is -1.14. The smallest absolute Gasteiger partial charge is 0.233 e. The fourth-order valence-electron chi connectivity index (χ4n) is 4.00. The molecule has 1 N–H and O–H groups in total. The van der Waals surface area contributed by atoms with Gasteiger partial charge in [-0.05, 0) is 36.4 Å². The highest BCUT2D eigenvalue weighted by atomic mass is 32.2. The van der Waals surface area contributed by atoms with E-state index in [-0.39, 0.29) is 11.7 Å². The second-order valence-corrected chi connectivity index (χ2v) is 9.06. The SMILES string of the molecule is O=C(CSc1nc(Nc2ccc(F)c(F)c2)c2ccccc2n1)N1CCN(c2ccccc2)CC1. The zero-order chi connectivity index (χ0) is 24.2. The molecule has 0 atom stereocenters. The number of piperazine rings is 1. The van der Waals surface area contributed by atoms with E-state index in [0.717, 1.165) is 30.6 Å². The Morgan fingerprint density at radius 1 is 0.886 bits per heavy atom. The summed E-state index contributed by atoms with van der Waals surface area (Å²) in [7, 11) is 0. The molecule has 1 fully saturated rings. The molecule has 0 saturated carbocycles. The van der Waals surface area contributed by atoms with Crippen molar-refractivity contribution in [2.45, 2.75) is 5.16 Å². The second-order valence-electron chi connectivity index (χ2n) is 8.12. The summed E-state index contributed by atoms with van der Waals surface area (Å²) in [6.45, 7) is 2.90. The van der Waals surface area contributed by atoms with Crippen LogP contribution in [0.25, 0.3) is 10.9 Å². The number of nitrogens with one attached hydrogen (secondary N) is 1. The van der Waals surface area contributed by atoms with Crippen molar-refractivity contribution >= 4 is 45.8 Å². The molecule has 35 heavy (non-hydrogen) atoms. The van der Waals surface area contributed by atoms with Crippen molar-refractivity contribution in [3.8, 4) is 0 Å². The topological polar surface area (TPSA) is 61.4 Å². The van der Waals surface area contributed by atoms with Crippen LogP contribution in [-0.4, -0.2) is 52.7 Å². The number of fused-ring (bicyclic) bond motifs is 1. The Morgan fingerprint density at radius 3 is 2.40 bits per heavy atom. The molecule has 0 bridgehead atoms. The average Bonchev–Trinajstić information content (AvgIpc) is 2.90. The van der Waals surface area contributed by atoms with Gasteiger partial charge in [0.05, 0.1) is 11.3 Å². The Hall–Kier alpha value is -3.72. The quantitative estimate of drug-likeness (QED) is 0.299. The molecule has 178 valence electrons. The minimum atomic E-state index is -0.944. The van der Waals surface area contributed by atoms with Crippen LogP contribution in [0.4, 0.5) is 26.0 Å². The van der Waals surface area contributed by atoms with Crippen molar-refractivity contribution < 1.29 is 13.6 Å². The van der Waals surface area contributed by atoms with Gasteiger partial charge in [-0.1, -0.05) is 42.1 Å². The first-order valence-electron chi connectivity index (χ1n) is 11.3. The van der Waals surface area contributed by atoms with Gasteiger partial charge in [-0.3, -0.25) is 4.79 Å². The molecule has 4 aromatic rings. The molecule has 1 amide bonds. The lowest BCUT2D eigenvalue weighted by molar-refractivity contribution is -0.128. The second kappa shape index (κ2) is 10.3. The molecule has 1 aliphatic rings. The number of thioether (sulfide) groups is 1. The predicted molar refractivity (Wildman–Crippen MR) is 135 cm³/mol. The number of amides is 1. The highest BCUT2D eigenvalue weighted by Crippen LogP contribution is 2.28. The first-order chi connectivity index (χ1) is 17.1. The summed E-state index contributed by atoms with van der Waals surface area (Å²) < 4.78 is 27.0. The van der Waals surface area contributed by atoms with E-state index in [2.05, 4.69) is 32.3 Å². The first kappa shape index (κ1) is 23.0. The zero-order valence-electron chi connectivity index (χ0n) is 18.8. The first-order valence-corrected chi connectivity index (χ1v) is 12.2. The number of halogens is 2. The van der Waals surface area contributed by atoms with Gasteiger partial charge >= 0.3 is 0 Å². The van der Waals surface area contributed by atoms with Gasteiger partial charge in [-0.25, -0.2) is 18.7 Å². The van der Waals surface area contributed by atoms with Crippen LogP contribution in [0.2, 0.25) is 0 Å². The predicted octanol–water partition coefficient (Wildman–Crippen LogP) is 5.09. The van der Waals surface area contributed by atoms with Crippen LogP contribution < -0.4 is 10.2 Å². The van der Waals surface area contributed by atoms with Gasteiger partial charge in [0, 0.05) is 49.0 Å². The van der Waals surface area contributed by atoms with Crippen LogP contribution in [0.1, 0.15) is 0 Å². The third-order valence-corrected chi connectivity index (χ3v) is 6.68. The number of benzene rings is 3. The molecule has 0 aliphatic carbocycles. The average molecular weight is 492 g/mol. The number of carbonyl (C=O) groups excluding carboxylic acids is 1. The summed E-state index contributed by atoms with van der Waals surface area (Å²) in [6.07, 6.45) is 0. The Balaban J connectivity index is 1.26. The number of hydrogen-bond donors (Lipinski definition) is 1. The Kier molecular flexibility index (Phi) is 6.76. The zero-order valence-corrected chi connectivity index (χ0v) is 19.6. The lowest BCUT2D eigenvalue weighted by atomic mass is 10.2. The van der Waals surface area contributed by atoms with Gasteiger partial charge in [0.1, 0.15) is 5.82 Å². The molecule has 1 aromatic heterocycles. The van der Waals surface area contributed by atoms with E-state index in [9.17, 15) is 13.6 Å². The van der Waals surface area contributed by atoms with Crippen molar-refractivity contribution in [2.24, 2.45) is 0 Å². The number of carbonyl (C=O) groups is 1. The van der Waals surface area contributed by atoms with E-state index in [4.69, 9.17) is 0 Å². The minimum Gasteiger partial charge on any atom is -0.368 e. The number of nitrogens with zero attached hydrogens (tertiary/aromatic N) is 4. The summed E-state index contributed by atoms with van der Waals surface area (Å²) in [5.41, 5.74) is 2.23. The van der Waals surface area contributed by atoms with Crippen LogP contribution in [-0.2, 0) is 4.79 Å². The normalized spacial score (nSPS) is 13.8. The van der Waals surface area contributed by atoms with Gasteiger partial charge in [-0.2, -0.15) is 0 Å². The van der Waals surface area contributed by atoms with Gasteiger partial charge in [0.15, 0.2) is 16.8 Å². The molecule has 9 heteroatoms. The Labute approximate surface area is 206 Å². The van der Waals surface area contributed by atoms with Crippen LogP contribution in [0, 0.1) is 11.6 Å². The molecule has 3 aromatic carbocycles. The molecule has 5 rings (SSSR count). The third-order valence-electron chi connectivity index (χ3n) is 5.84.